The van der Waals surface area contributed by atoms with Crippen LogP contribution in [0, 0.1) is 18.3 Å². The molecule has 6 nitrogen and oxygen atoms in total. The van der Waals surface area contributed by atoms with Gasteiger partial charge in [-0.1, -0.05) is 29.5 Å². The molecule has 0 aliphatic carbocycles. The molecule has 114 valence electrons. The van der Waals surface area contributed by atoms with E-state index in [1.807, 2.05) is 41.8 Å². The quantitative estimate of drug-likeness (QED) is 0.763. The first-order valence-electron chi connectivity index (χ1n) is 6.82. The molecule has 1 heterocycles. The lowest BCUT2D eigenvalue weighted by Gasteiger charge is -2.14. The predicted molar refractivity (Wildman–Crippen MR) is 84.7 cm³/mol. The van der Waals surface area contributed by atoms with Crippen LogP contribution in [0.5, 0.6) is 0 Å². The van der Waals surface area contributed by atoms with Crippen molar-refractivity contribution in [2.45, 2.75) is 18.5 Å². The Kier molecular flexibility index (Phi) is 5.55. The van der Waals surface area contributed by atoms with Crippen LogP contribution in [0.25, 0.3) is 5.69 Å². The van der Waals surface area contributed by atoms with Gasteiger partial charge in [0.15, 0.2) is 5.16 Å². The van der Waals surface area contributed by atoms with Gasteiger partial charge in [0.05, 0.1) is 18.2 Å². The Balaban J connectivity index is 2.00. The van der Waals surface area contributed by atoms with E-state index >= 15 is 0 Å². The molecule has 0 fully saturated rings. The number of nitrogens with zero attached hydrogens (tertiary/aromatic N) is 5. The van der Waals surface area contributed by atoms with Gasteiger partial charge in [-0.15, -0.1) is 10.2 Å². The van der Waals surface area contributed by atoms with E-state index in [4.69, 9.17) is 5.26 Å². The second kappa shape index (κ2) is 7.61. The molecule has 0 aliphatic rings. The smallest absolute Gasteiger partial charge is 0.232 e. The van der Waals surface area contributed by atoms with Crippen LogP contribution in [0.15, 0.2) is 35.7 Å². The number of rotatable bonds is 6. The molecule has 22 heavy (non-hydrogen) atoms. The van der Waals surface area contributed by atoms with E-state index in [0.29, 0.717) is 18.1 Å². The summed E-state index contributed by atoms with van der Waals surface area (Å²) in [7, 11) is 1.70. The fraction of sp³-hybridized carbons (Fsp3) is 0.333. The molecule has 7 heteroatoms. The van der Waals surface area contributed by atoms with E-state index in [1.165, 1.54) is 17.3 Å². The van der Waals surface area contributed by atoms with Crippen molar-refractivity contribution in [3.05, 3.63) is 36.2 Å². The van der Waals surface area contributed by atoms with Gasteiger partial charge in [0, 0.05) is 19.3 Å². The second-order valence-corrected chi connectivity index (χ2v) is 5.77. The summed E-state index contributed by atoms with van der Waals surface area (Å²) >= 11 is 1.34. The Hall–Kier alpha value is -2.33. The van der Waals surface area contributed by atoms with Crippen LogP contribution in [0.3, 0.4) is 0 Å². The van der Waals surface area contributed by atoms with Crippen LogP contribution in [-0.2, 0) is 4.79 Å². The van der Waals surface area contributed by atoms with Crippen molar-refractivity contribution in [1.82, 2.24) is 19.7 Å². The van der Waals surface area contributed by atoms with Crippen molar-refractivity contribution in [3.63, 3.8) is 0 Å². The minimum absolute atomic E-state index is 0.0290. The zero-order valence-corrected chi connectivity index (χ0v) is 13.4. The van der Waals surface area contributed by atoms with Crippen LogP contribution in [0.2, 0.25) is 0 Å². The summed E-state index contributed by atoms with van der Waals surface area (Å²) < 4.78 is 1.85. The number of amides is 1. The number of hydrogen-bond donors (Lipinski definition) is 0. The monoisotopic (exact) mass is 315 g/mol. The maximum absolute atomic E-state index is 12.0. The highest BCUT2D eigenvalue weighted by Crippen LogP contribution is 2.20. The number of carbonyl (C=O) groups is 1. The normalized spacial score (nSPS) is 10.2. The van der Waals surface area contributed by atoms with E-state index in [2.05, 4.69) is 10.2 Å². The Bertz CT molecular complexity index is 674. The summed E-state index contributed by atoms with van der Waals surface area (Å²) in [6, 6.07) is 10.0. The van der Waals surface area contributed by atoms with Crippen LogP contribution in [0.1, 0.15) is 12.0 Å². The summed E-state index contributed by atoms with van der Waals surface area (Å²) in [6.45, 7) is 2.47. The number of aryl methyl sites for hydroxylation is 1. The standard InChI is InChI=1S/C15H17N5OS/c1-12-4-6-13(7-5-12)20-11-17-18-15(20)22-10-14(21)19(2)9-3-8-16/h4-7,11H,3,9-10H2,1-2H3. The lowest BCUT2D eigenvalue weighted by atomic mass is 10.2. The Morgan fingerprint density at radius 3 is 2.82 bits per heavy atom. The molecule has 0 atom stereocenters. The molecule has 0 saturated carbocycles. The first-order valence-corrected chi connectivity index (χ1v) is 7.81. The van der Waals surface area contributed by atoms with Crippen molar-refractivity contribution in [3.8, 4) is 11.8 Å². The van der Waals surface area contributed by atoms with Crippen LogP contribution in [-0.4, -0.2) is 44.9 Å². The van der Waals surface area contributed by atoms with Crippen molar-refractivity contribution < 1.29 is 4.79 Å². The molecule has 2 aromatic rings. The molecular weight excluding hydrogens is 298 g/mol. The zero-order valence-electron chi connectivity index (χ0n) is 12.6. The average Bonchev–Trinajstić information content (AvgIpc) is 2.99. The Morgan fingerprint density at radius 1 is 1.41 bits per heavy atom. The number of thioether (sulfide) groups is 1. The van der Waals surface area contributed by atoms with Gasteiger partial charge in [-0.3, -0.25) is 9.36 Å². The van der Waals surface area contributed by atoms with Gasteiger partial charge in [0.2, 0.25) is 5.91 Å². The van der Waals surface area contributed by atoms with Crippen molar-refractivity contribution in [1.29, 1.82) is 5.26 Å². The van der Waals surface area contributed by atoms with Crippen molar-refractivity contribution in [2.75, 3.05) is 19.3 Å². The van der Waals surface area contributed by atoms with E-state index in [9.17, 15) is 4.79 Å². The fourth-order valence-electron chi connectivity index (χ4n) is 1.78. The molecular formula is C15H17N5OS. The maximum Gasteiger partial charge on any atom is 0.232 e. The minimum Gasteiger partial charge on any atom is -0.344 e. The molecule has 2 rings (SSSR count). The highest BCUT2D eigenvalue weighted by atomic mass is 32.2. The van der Waals surface area contributed by atoms with E-state index in [0.717, 1.165) is 5.69 Å². The first-order chi connectivity index (χ1) is 10.6. The van der Waals surface area contributed by atoms with Gasteiger partial charge < -0.3 is 4.90 Å². The van der Waals surface area contributed by atoms with Crippen molar-refractivity contribution in [2.24, 2.45) is 0 Å². The van der Waals surface area contributed by atoms with Gasteiger partial charge >= 0.3 is 0 Å². The summed E-state index contributed by atoms with van der Waals surface area (Å²) in [5.74, 6) is 0.241. The summed E-state index contributed by atoms with van der Waals surface area (Å²) in [5, 5.41) is 17.2. The maximum atomic E-state index is 12.0. The Morgan fingerprint density at radius 2 is 2.14 bits per heavy atom. The molecule has 0 bridgehead atoms. The number of carbonyl (C=O) groups excluding carboxylic acids is 1. The summed E-state index contributed by atoms with van der Waals surface area (Å²) in [6.07, 6.45) is 1.98. The average molecular weight is 315 g/mol. The molecule has 0 N–H and O–H groups in total. The second-order valence-electron chi connectivity index (χ2n) is 4.83. The lowest BCUT2D eigenvalue weighted by Crippen LogP contribution is -2.29. The van der Waals surface area contributed by atoms with E-state index < -0.39 is 0 Å². The van der Waals surface area contributed by atoms with E-state index in [-0.39, 0.29) is 11.7 Å². The molecule has 1 aromatic heterocycles. The highest BCUT2D eigenvalue weighted by molar-refractivity contribution is 7.99. The third-order valence-electron chi connectivity index (χ3n) is 3.14. The number of benzene rings is 1. The molecule has 0 unspecified atom stereocenters. The highest BCUT2D eigenvalue weighted by Gasteiger charge is 2.13. The molecule has 0 saturated heterocycles. The SMILES string of the molecule is Cc1ccc(-n2cnnc2SCC(=O)N(C)CCC#N)cc1. The number of nitriles is 1. The summed E-state index contributed by atoms with van der Waals surface area (Å²) in [4.78, 5) is 13.5. The topological polar surface area (TPSA) is 74.8 Å². The van der Waals surface area contributed by atoms with Crippen LogP contribution in [0.4, 0.5) is 0 Å². The number of aromatic nitrogens is 3. The molecule has 0 radical (unpaired) electrons. The molecule has 0 aliphatic heterocycles. The Labute approximate surface area is 133 Å². The number of hydrogen-bond acceptors (Lipinski definition) is 5. The van der Waals surface area contributed by atoms with Gasteiger partial charge in [-0.25, -0.2) is 0 Å². The van der Waals surface area contributed by atoms with E-state index in [1.54, 1.807) is 18.3 Å². The largest absolute Gasteiger partial charge is 0.344 e. The van der Waals surface area contributed by atoms with Gasteiger partial charge in [-0.05, 0) is 19.1 Å². The minimum atomic E-state index is -0.0290. The first kappa shape index (κ1) is 16.0. The van der Waals surface area contributed by atoms with Crippen LogP contribution >= 0.6 is 11.8 Å². The van der Waals surface area contributed by atoms with Crippen molar-refractivity contribution >= 4 is 17.7 Å². The van der Waals surface area contributed by atoms with Crippen LogP contribution < -0.4 is 0 Å². The van der Waals surface area contributed by atoms with Gasteiger partial charge in [0.25, 0.3) is 0 Å². The zero-order chi connectivity index (χ0) is 15.9. The molecule has 0 spiro atoms. The fourth-order valence-corrected chi connectivity index (χ4v) is 2.65. The lowest BCUT2D eigenvalue weighted by molar-refractivity contribution is -0.127. The van der Waals surface area contributed by atoms with Gasteiger partial charge in [0.1, 0.15) is 6.33 Å². The third kappa shape index (κ3) is 4.09. The van der Waals surface area contributed by atoms with Gasteiger partial charge in [-0.2, -0.15) is 5.26 Å². The molecule has 1 aromatic carbocycles. The predicted octanol–water partition coefficient (Wildman–Crippen LogP) is 2.04. The third-order valence-corrected chi connectivity index (χ3v) is 4.07. The summed E-state index contributed by atoms with van der Waals surface area (Å²) in [5.41, 5.74) is 2.14. The molecule has 1 amide bonds.